The minimum atomic E-state index is 0.0300. The molecule has 0 aromatic heterocycles. The third kappa shape index (κ3) is 4.46. The van der Waals surface area contributed by atoms with Crippen LogP contribution in [0.2, 0.25) is 0 Å². The van der Waals surface area contributed by atoms with Crippen molar-refractivity contribution >= 4 is 6.03 Å². The summed E-state index contributed by atoms with van der Waals surface area (Å²) in [5.74, 6) is 0.369. The second-order valence-corrected chi connectivity index (χ2v) is 5.65. The van der Waals surface area contributed by atoms with Crippen molar-refractivity contribution in [1.29, 1.82) is 0 Å². The molecule has 0 bridgehead atoms. The molecular weight excluding hydrogens is 264 g/mol. The zero-order chi connectivity index (χ0) is 15.1. The summed E-state index contributed by atoms with van der Waals surface area (Å²) in [6, 6.07) is 10.6. The highest BCUT2D eigenvalue weighted by Gasteiger charge is 2.22. The van der Waals surface area contributed by atoms with E-state index in [9.17, 15) is 4.79 Å². The molecular formula is C17H26N2O2. The van der Waals surface area contributed by atoms with E-state index in [2.05, 4.69) is 31.3 Å². The van der Waals surface area contributed by atoms with Gasteiger partial charge in [-0.05, 0) is 25.3 Å². The summed E-state index contributed by atoms with van der Waals surface area (Å²) < 4.78 is 5.44. The molecule has 21 heavy (non-hydrogen) atoms. The van der Waals surface area contributed by atoms with E-state index in [4.69, 9.17) is 4.74 Å². The van der Waals surface area contributed by atoms with Crippen LogP contribution < -0.4 is 5.32 Å². The van der Waals surface area contributed by atoms with E-state index in [-0.39, 0.29) is 12.1 Å². The fourth-order valence-electron chi connectivity index (χ4n) is 2.73. The van der Waals surface area contributed by atoms with Crippen LogP contribution in [-0.4, -0.2) is 43.3 Å². The van der Waals surface area contributed by atoms with Gasteiger partial charge in [-0.15, -0.1) is 0 Å². The third-order valence-corrected chi connectivity index (χ3v) is 4.21. The van der Waals surface area contributed by atoms with E-state index < -0.39 is 0 Å². The molecule has 0 radical (unpaired) electrons. The standard InChI is InChI=1S/C17H26N2O2/c1-3-15(16-7-5-4-6-8-16)13-18-17(20)19-10-12-21-11-9-14(19)2/h4-8,14-15H,3,9-13H2,1-2H3,(H,18,20)/t14-,15+/m1/s1. The molecule has 2 rings (SSSR count). The lowest BCUT2D eigenvalue weighted by Gasteiger charge is -2.27. The van der Waals surface area contributed by atoms with Crippen molar-refractivity contribution < 1.29 is 9.53 Å². The lowest BCUT2D eigenvalue weighted by Crippen LogP contribution is -2.46. The largest absolute Gasteiger partial charge is 0.380 e. The minimum absolute atomic E-state index is 0.0300. The third-order valence-electron chi connectivity index (χ3n) is 4.21. The highest BCUT2D eigenvalue weighted by atomic mass is 16.5. The van der Waals surface area contributed by atoms with Crippen molar-refractivity contribution in [1.82, 2.24) is 10.2 Å². The van der Waals surface area contributed by atoms with E-state index in [0.717, 1.165) is 19.4 Å². The highest BCUT2D eigenvalue weighted by Crippen LogP contribution is 2.18. The smallest absolute Gasteiger partial charge is 0.317 e. The summed E-state index contributed by atoms with van der Waals surface area (Å²) in [4.78, 5) is 14.3. The Bertz CT molecular complexity index is 436. The number of nitrogens with zero attached hydrogens (tertiary/aromatic N) is 1. The molecule has 4 heteroatoms. The molecule has 1 aromatic carbocycles. The van der Waals surface area contributed by atoms with Crippen molar-refractivity contribution in [3.05, 3.63) is 35.9 Å². The normalized spacial score (nSPS) is 20.7. The van der Waals surface area contributed by atoms with E-state index in [1.54, 1.807) is 0 Å². The van der Waals surface area contributed by atoms with Gasteiger partial charge in [0.1, 0.15) is 0 Å². The molecule has 1 aliphatic rings. The van der Waals surface area contributed by atoms with Gasteiger partial charge in [0.25, 0.3) is 0 Å². The van der Waals surface area contributed by atoms with Crippen LogP contribution in [0.25, 0.3) is 0 Å². The summed E-state index contributed by atoms with van der Waals surface area (Å²) in [5, 5.41) is 3.09. The van der Waals surface area contributed by atoms with Crippen LogP contribution >= 0.6 is 0 Å². The van der Waals surface area contributed by atoms with Crippen LogP contribution in [0.5, 0.6) is 0 Å². The van der Waals surface area contributed by atoms with Crippen LogP contribution in [-0.2, 0) is 4.74 Å². The maximum atomic E-state index is 12.4. The predicted octanol–water partition coefficient (Wildman–Crippen LogP) is 3.00. The van der Waals surface area contributed by atoms with Gasteiger partial charge in [0.05, 0.1) is 6.61 Å². The van der Waals surface area contributed by atoms with Gasteiger partial charge >= 0.3 is 6.03 Å². The highest BCUT2D eigenvalue weighted by molar-refractivity contribution is 5.74. The molecule has 1 aromatic rings. The number of nitrogens with one attached hydrogen (secondary N) is 1. The van der Waals surface area contributed by atoms with Crippen molar-refractivity contribution in [3.63, 3.8) is 0 Å². The molecule has 1 saturated heterocycles. The molecule has 0 spiro atoms. The number of urea groups is 1. The number of benzene rings is 1. The second-order valence-electron chi connectivity index (χ2n) is 5.65. The zero-order valence-electron chi connectivity index (χ0n) is 13.0. The van der Waals surface area contributed by atoms with Gasteiger partial charge in [-0.1, -0.05) is 37.3 Å². The van der Waals surface area contributed by atoms with E-state index in [0.29, 0.717) is 25.6 Å². The molecule has 2 atom stereocenters. The quantitative estimate of drug-likeness (QED) is 0.926. The summed E-state index contributed by atoms with van der Waals surface area (Å²) in [6.07, 6.45) is 1.92. The average Bonchev–Trinajstić information content (AvgIpc) is 2.73. The molecule has 1 N–H and O–H groups in total. The number of ether oxygens (including phenoxy) is 1. The fraction of sp³-hybridized carbons (Fsp3) is 0.588. The van der Waals surface area contributed by atoms with Crippen molar-refractivity contribution in [2.75, 3.05) is 26.3 Å². The zero-order valence-corrected chi connectivity index (χ0v) is 13.0. The summed E-state index contributed by atoms with van der Waals surface area (Å²) in [5.41, 5.74) is 1.28. The Morgan fingerprint density at radius 3 is 2.86 bits per heavy atom. The molecule has 0 saturated carbocycles. The van der Waals surface area contributed by atoms with Crippen molar-refractivity contribution in [2.24, 2.45) is 0 Å². The first-order valence-electron chi connectivity index (χ1n) is 7.89. The molecule has 0 unspecified atom stereocenters. The number of amides is 2. The van der Waals surface area contributed by atoms with Gasteiger partial charge in [-0.2, -0.15) is 0 Å². The maximum Gasteiger partial charge on any atom is 0.317 e. The van der Waals surface area contributed by atoms with Gasteiger partial charge in [-0.25, -0.2) is 4.79 Å². The average molecular weight is 290 g/mol. The van der Waals surface area contributed by atoms with Gasteiger partial charge in [0.15, 0.2) is 0 Å². The van der Waals surface area contributed by atoms with Crippen LogP contribution in [0.4, 0.5) is 4.79 Å². The van der Waals surface area contributed by atoms with Crippen LogP contribution in [0.3, 0.4) is 0 Å². The number of hydrogen-bond acceptors (Lipinski definition) is 2. The van der Waals surface area contributed by atoms with Gasteiger partial charge in [0.2, 0.25) is 0 Å². The Labute approximate surface area is 127 Å². The maximum absolute atomic E-state index is 12.4. The van der Waals surface area contributed by atoms with Crippen LogP contribution in [0.1, 0.15) is 38.2 Å². The molecule has 0 aliphatic carbocycles. The first-order valence-corrected chi connectivity index (χ1v) is 7.89. The van der Waals surface area contributed by atoms with E-state index in [1.165, 1.54) is 5.56 Å². The lowest BCUT2D eigenvalue weighted by atomic mass is 9.97. The molecule has 2 amide bonds. The molecule has 4 nitrogen and oxygen atoms in total. The number of hydrogen-bond donors (Lipinski definition) is 1. The lowest BCUT2D eigenvalue weighted by molar-refractivity contribution is 0.142. The first kappa shape index (κ1) is 15.8. The summed E-state index contributed by atoms with van der Waals surface area (Å²) in [7, 11) is 0. The molecule has 1 fully saturated rings. The monoisotopic (exact) mass is 290 g/mol. The van der Waals surface area contributed by atoms with Crippen LogP contribution in [0, 0.1) is 0 Å². The first-order chi connectivity index (χ1) is 10.2. The second kappa shape index (κ2) is 8.03. The topological polar surface area (TPSA) is 41.6 Å². The Hall–Kier alpha value is -1.55. The van der Waals surface area contributed by atoms with Gasteiger partial charge in [0, 0.05) is 31.7 Å². The number of carbonyl (C=O) groups excluding carboxylic acids is 1. The summed E-state index contributed by atoms with van der Waals surface area (Å²) >= 11 is 0. The Morgan fingerprint density at radius 2 is 2.14 bits per heavy atom. The Balaban J connectivity index is 1.90. The van der Waals surface area contributed by atoms with E-state index >= 15 is 0 Å². The summed E-state index contributed by atoms with van der Waals surface area (Å²) in [6.45, 7) is 6.98. The van der Waals surface area contributed by atoms with E-state index in [1.807, 2.05) is 23.1 Å². The molecule has 1 aliphatic heterocycles. The molecule has 116 valence electrons. The Morgan fingerprint density at radius 1 is 1.38 bits per heavy atom. The predicted molar refractivity (Wildman–Crippen MR) is 84.5 cm³/mol. The fourth-order valence-corrected chi connectivity index (χ4v) is 2.73. The van der Waals surface area contributed by atoms with Gasteiger partial charge in [-0.3, -0.25) is 0 Å². The SMILES string of the molecule is CC[C@@H](CNC(=O)N1CCOCC[C@H]1C)c1ccccc1. The number of rotatable bonds is 4. The number of carbonyl (C=O) groups is 1. The minimum Gasteiger partial charge on any atom is -0.380 e. The van der Waals surface area contributed by atoms with Crippen LogP contribution in [0.15, 0.2) is 30.3 Å². The van der Waals surface area contributed by atoms with Gasteiger partial charge < -0.3 is 15.0 Å². The Kier molecular flexibility index (Phi) is 6.05. The molecule has 1 heterocycles. The van der Waals surface area contributed by atoms with Crippen molar-refractivity contribution in [3.8, 4) is 0 Å². The van der Waals surface area contributed by atoms with Crippen molar-refractivity contribution in [2.45, 2.75) is 38.6 Å².